The number of hydrogen-bond acceptors (Lipinski definition) is 2. The number of rotatable bonds is 5. The number of hydrogen-bond donors (Lipinski definition) is 2. The van der Waals surface area contributed by atoms with Gasteiger partial charge in [0, 0.05) is 12.4 Å². The molecular weight excluding hydrogens is 324 g/mol. The van der Waals surface area contributed by atoms with Crippen LogP contribution in [0.4, 0.5) is 0 Å². The molecule has 26 heavy (non-hydrogen) atoms. The van der Waals surface area contributed by atoms with Crippen LogP contribution in [0.15, 0.2) is 48.8 Å². The second kappa shape index (κ2) is 6.98. The van der Waals surface area contributed by atoms with E-state index in [0.29, 0.717) is 6.42 Å². The number of aromatic amines is 1. The van der Waals surface area contributed by atoms with Crippen molar-refractivity contribution >= 4 is 16.9 Å². The van der Waals surface area contributed by atoms with E-state index in [2.05, 4.69) is 32.2 Å². The molecule has 0 aliphatic heterocycles. The Balaban J connectivity index is 1.48. The molecule has 3 aromatic rings. The van der Waals surface area contributed by atoms with Crippen molar-refractivity contribution < 1.29 is 4.79 Å². The molecule has 1 aliphatic rings. The molecule has 1 unspecified atom stereocenters. The number of H-pyrrole nitrogens is 1. The fraction of sp³-hybridized carbons (Fsp3) is 0.429. The zero-order valence-corrected chi connectivity index (χ0v) is 15.2. The van der Waals surface area contributed by atoms with E-state index >= 15 is 0 Å². The molecule has 136 valence electrons. The van der Waals surface area contributed by atoms with Gasteiger partial charge in [-0.1, -0.05) is 31.4 Å². The van der Waals surface area contributed by atoms with Gasteiger partial charge < -0.3 is 14.9 Å². The van der Waals surface area contributed by atoms with Crippen molar-refractivity contribution in [3.8, 4) is 0 Å². The van der Waals surface area contributed by atoms with Crippen molar-refractivity contribution in [2.24, 2.45) is 0 Å². The van der Waals surface area contributed by atoms with Crippen molar-refractivity contribution in [1.82, 2.24) is 19.9 Å². The SMILES string of the molecule is CC(NC(=O)CC1(n2cccc2)CCCCC1)c1nc2ccccc2[nH]1. The largest absolute Gasteiger partial charge is 0.348 e. The first kappa shape index (κ1) is 16.9. The zero-order valence-electron chi connectivity index (χ0n) is 15.2. The van der Waals surface area contributed by atoms with Crippen LogP contribution in [-0.4, -0.2) is 20.4 Å². The number of nitrogens with zero attached hydrogens (tertiary/aromatic N) is 2. The first-order valence-electron chi connectivity index (χ1n) is 9.54. The number of benzene rings is 1. The Hall–Kier alpha value is -2.56. The van der Waals surface area contributed by atoms with Crippen LogP contribution in [0.2, 0.25) is 0 Å². The minimum Gasteiger partial charge on any atom is -0.348 e. The fourth-order valence-electron chi connectivity index (χ4n) is 4.22. The Morgan fingerprint density at radius 3 is 2.65 bits per heavy atom. The van der Waals surface area contributed by atoms with Crippen LogP contribution in [0.1, 0.15) is 57.3 Å². The first-order chi connectivity index (χ1) is 12.7. The summed E-state index contributed by atoms with van der Waals surface area (Å²) in [5.41, 5.74) is 1.85. The quantitative estimate of drug-likeness (QED) is 0.721. The van der Waals surface area contributed by atoms with Crippen LogP contribution in [0, 0.1) is 0 Å². The molecule has 5 heteroatoms. The third kappa shape index (κ3) is 3.26. The second-order valence-corrected chi connectivity index (χ2v) is 7.48. The smallest absolute Gasteiger partial charge is 0.222 e. The van der Waals surface area contributed by atoms with Crippen LogP contribution in [0.25, 0.3) is 11.0 Å². The monoisotopic (exact) mass is 350 g/mol. The van der Waals surface area contributed by atoms with Gasteiger partial charge in [0.1, 0.15) is 5.82 Å². The minimum absolute atomic E-state index is 0.0839. The lowest BCUT2D eigenvalue weighted by Crippen LogP contribution is -2.41. The van der Waals surface area contributed by atoms with E-state index in [0.717, 1.165) is 29.7 Å². The normalized spacial score (nSPS) is 17.9. The highest BCUT2D eigenvalue weighted by Crippen LogP contribution is 2.38. The summed E-state index contributed by atoms with van der Waals surface area (Å²) < 4.78 is 2.25. The van der Waals surface area contributed by atoms with Gasteiger partial charge in [-0.05, 0) is 44.0 Å². The molecule has 1 atom stereocenters. The highest BCUT2D eigenvalue weighted by molar-refractivity contribution is 5.78. The van der Waals surface area contributed by atoms with Gasteiger partial charge in [-0.2, -0.15) is 0 Å². The molecule has 1 fully saturated rings. The summed E-state index contributed by atoms with van der Waals surface area (Å²) >= 11 is 0. The van der Waals surface area contributed by atoms with E-state index < -0.39 is 0 Å². The highest BCUT2D eigenvalue weighted by atomic mass is 16.1. The van der Waals surface area contributed by atoms with Crippen LogP contribution in [-0.2, 0) is 10.3 Å². The molecule has 1 amide bonds. The third-order valence-corrected chi connectivity index (χ3v) is 5.62. The van der Waals surface area contributed by atoms with Gasteiger partial charge in [0.15, 0.2) is 0 Å². The highest BCUT2D eigenvalue weighted by Gasteiger charge is 2.35. The summed E-state index contributed by atoms with van der Waals surface area (Å²) in [4.78, 5) is 20.8. The summed E-state index contributed by atoms with van der Waals surface area (Å²) in [5.74, 6) is 0.895. The number of carbonyl (C=O) groups excluding carboxylic acids is 1. The molecular formula is C21H26N4O. The van der Waals surface area contributed by atoms with E-state index in [-0.39, 0.29) is 17.5 Å². The summed E-state index contributed by atoms with van der Waals surface area (Å²) in [7, 11) is 0. The molecule has 2 aromatic heterocycles. The van der Waals surface area contributed by atoms with Crippen LogP contribution >= 0.6 is 0 Å². The molecule has 2 heterocycles. The molecule has 1 aromatic carbocycles. The zero-order chi connectivity index (χ0) is 18.0. The van der Waals surface area contributed by atoms with Crippen LogP contribution < -0.4 is 5.32 Å². The predicted molar refractivity (Wildman–Crippen MR) is 103 cm³/mol. The van der Waals surface area contributed by atoms with Crippen molar-refractivity contribution in [2.75, 3.05) is 0 Å². The molecule has 0 saturated heterocycles. The maximum atomic E-state index is 12.8. The Labute approximate surface area is 153 Å². The molecule has 2 N–H and O–H groups in total. The number of para-hydroxylation sites is 2. The third-order valence-electron chi connectivity index (χ3n) is 5.62. The number of carbonyl (C=O) groups is 1. The summed E-state index contributed by atoms with van der Waals surface area (Å²) in [6.45, 7) is 1.98. The molecule has 5 nitrogen and oxygen atoms in total. The molecule has 0 radical (unpaired) electrons. The van der Waals surface area contributed by atoms with E-state index in [1.807, 2.05) is 43.3 Å². The topological polar surface area (TPSA) is 62.7 Å². The molecule has 1 saturated carbocycles. The van der Waals surface area contributed by atoms with Gasteiger partial charge in [-0.25, -0.2) is 4.98 Å². The lowest BCUT2D eigenvalue weighted by Gasteiger charge is -2.38. The molecule has 0 bridgehead atoms. The Kier molecular flexibility index (Phi) is 4.53. The van der Waals surface area contributed by atoms with Crippen LogP contribution in [0.5, 0.6) is 0 Å². The second-order valence-electron chi connectivity index (χ2n) is 7.48. The van der Waals surface area contributed by atoms with Gasteiger partial charge in [-0.15, -0.1) is 0 Å². The fourth-order valence-corrected chi connectivity index (χ4v) is 4.22. The van der Waals surface area contributed by atoms with Gasteiger partial charge in [0.25, 0.3) is 0 Å². The van der Waals surface area contributed by atoms with Crippen molar-refractivity contribution in [2.45, 2.75) is 57.0 Å². The first-order valence-corrected chi connectivity index (χ1v) is 9.54. The maximum Gasteiger partial charge on any atom is 0.222 e. The maximum absolute atomic E-state index is 12.8. The van der Waals surface area contributed by atoms with Crippen LogP contribution in [0.3, 0.4) is 0 Å². The molecule has 4 rings (SSSR count). The molecule has 0 spiro atoms. The Morgan fingerprint density at radius 2 is 1.92 bits per heavy atom. The lowest BCUT2D eigenvalue weighted by atomic mass is 9.78. The van der Waals surface area contributed by atoms with E-state index in [4.69, 9.17) is 0 Å². The number of imidazole rings is 1. The molecule has 1 aliphatic carbocycles. The predicted octanol–water partition coefficient (Wildman–Crippen LogP) is 4.29. The average molecular weight is 350 g/mol. The average Bonchev–Trinajstić information content (AvgIpc) is 3.32. The Bertz CT molecular complexity index is 841. The van der Waals surface area contributed by atoms with E-state index in [1.54, 1.807) is 0 Å². The number of nitrogens with one attached hydrogen (secondary N) is 2. The lowest BCUT2D eigenvalue weighted by molar-refractivity contribution is -0.124. The van der Waals surface area contributed by atoms with Crippen molar-refractivity contribution in [1.29, 1.82) is 0 Å². The Morgan fingerprint density at radius 1 is 1.19 bits per heavy atom. The van der Waals surface area contributed by atoms with Crippen molar-refractivity contribution in [3.63, 3.8) is 0 Å². The summed E-state index contributed by atoms with van der Waals surface area (Å²) in [6.07, 6.45) is 10.5. The minimum atomic E-state index is -0.139. The summed E-state index contributed by atoms with van der Waals surface area (Å²) in [5, 5.41) is 3.15. The van der Waals surface area contributed by atoms with Gasteiger partial charge >= 0.3 is 0 Å². The van der Waals surface area contributed by atoms with Gasteiger partial charge in [0.05, 0.1) is 29.0 Å². The number of fused-ring (bicyclic) bond motifs is 1. The van der Waals surface area contributed by atoms with Gasteiger partial charge in [-0.3, -0.25) is 4.79 Å². The standard InChI is InChI=1S/C21H26N4O/c1-16(20-23-17-9-3-4-10-18(17)24-20)22-19(26)15-21(11-5-2-6-12-21)25-13-7-8-14-25/h3-4,7-10,13-14,16H,2,5-6,11-12,15H2,1H3,(H,22,26)(H,23,24). The number of amides is 1. The van der Waals surface area contributed by atoms with E-state index in [1.165, 1.54) is 19.3 Å². The number of aromatic nitrogens is 3. The van der Waals surface area contributed by atoms with E-state index in [9.17, 15) is 4.79 Å². The van der Waals surface area contributed by atoms with Crippen molar-refractivity contribution in [3.05, 3.63) is 54.6 Å². The van der Waals surface area contributed by atoms with Gasteiger partial charge in [0.2, 0.25) is 5.91 Å². The summed E-state index contributed by atoms with van der Waals surface area (Å²) in [6, 6.07) is 11.9.